The largest absolute Gasteiger partial charge is 0.494 e. The second-order valence-corrected chi connectivity index (χ2v) is 5.89. The fourth-order valence-electron chi connectivity index (χ4n) is 1.48. The second-order valence-electron chi connectivity index (χ2n) is 3.73. The number of halogens is 1. The molecule has 0 saturated carbocycles. The highest BCUT2D eigenvalue weighted by Crippen LogP contribution is 2.23. The van der Waals surface area contributed by atoms with Gasteiger partial charge >= 0.3 is 0 Å². The number of hydrogen-bond donors (Lipinski definition) is 0. The third kappa shape index (κ3) is 3.15. The third-order valence-corrected chi connectivity index (χ3v) is 4.08. The molecule has 0 saturated heterocycles. The Morgan fingerprint density at radius 3 is 2.60 bits per heavy atom. The van der Waals surface area contributed by atoms with Gasteiger partial charge in [-0.15, -0.1) is 0 Å². The molecule has 0 spiro atoms. The highest BCUT2D eigenvalue weighted by atomic mass is 35.5. The van der Waals surface area contributed by atoms with Crippen LogP contribution in [0.15, 0.2) is 47.1 Å². The van der Waals surface area contributed by atoms with Crippen LogP contribution in [0.25, 0.3) is 6.08 Å². The van der Waals surface area contributed by atoms with Gasteiger partial charge in [0.1, 0.15) is 0 Å². The zero-order valence-corrected chi connectivity index (χ0v) is 12.1. The monoisotopic (exact) mass is 310 g/mol. The molecule has 0 radical (unpaired) electrons. The maximum absolute atomic E-state index is 12.2. The number of pyridine rings is 2. The van der Waals surface area contributed by atoms with Gasteiger partial charge in [0.15, 0.2) is 5.75 Å². The summed E-state index contributed by atoms with van der Waals surface area (Å²) in [5.74, 6) is 0.185. The molecule has 5 nitrogen and oxygen atoms in total. The Balaban J connectivity index is 2.39. The second kappa shape index (κ2) is 6.02. The molecule has 0 aromatic carbocycles. The van der Waals surface area contributed by atoms with Gasteiger partial charge in [-0.3, -0.25) is 4.98 Å². The van der Waals surface area contributed by atoms with Crippen molar-refractivity contribution in [3.05, 3.63) is 52.8 Å². The minimum absolute atomic E-state index is 0.147. The molecule has 0 N–H and O–H groups in total. The molecule has 0 bridgehead atoms. The summed E-state index contributed by atoms with van der Waals surface area (Å²) in [6, 6.07) is 6.41. The van der Waals surface area contributed by atoms with Crippen molar-refractivity contribution in [3.8, 4) is 5.75 Å². The highest BCUT2D eigenvalue weighted by Gasteiger charge is 2.18. The van der Waals surface area contributed by atoms with E-state index >= 15 is 0 Å². The molecule has 0 aliphatic rings. The molecule has 0 aliphatic heterocycles. The molecule has 2 rings (SSSR count). The number of aromatic nitrogens is 2. The van der Waals surface area contributed by atoms with Gasteiger partial charge in [-0.2, -0.15) is 0 Å². The Kier molecular flexibility index (Phi) is 4.36. The zero-order chi connectivity index (χ0) is 14.6. The van der Waals surface area contributed by atoms with Gasteiger partial charge < -0.3 is 4.74 Å². The SMILES string of the molecule is COc1cccnc1S(=O)(=O)/C=C/c1ncccc1Cl. The number of rotatable bonds is 4. The van der Waals surface area contributed by atoms with Crippen LogP contribution >= 0.6 is 11.6 Å². The van der Waals surface area contributed by atoms with E-state index in [4.69, 9.17) is 16.3 Å². The van der Waals surface area contributed by atoms with E-state index in [0.29, 0.717) is 10.7 Å². The minimum Gasteiger partial charge on any atom is -0.494 e. The number of methoxy groups -OCH3 is 1. The van der Waals surface area contributed by atoms with Crippen molar-refractivity contribution in [2.75, 3.05) is 7.11 Å². The van der Waals surface area contributed by atoms with Gasteiger partial charge in [0.25, 0.3) is 0 Å². The molecule has 104 valence electrons. The van der Waals surface area contributed by atoms with Crippen LogP contribution in [0.1, 0.15) is 5.69 Å². The van der Waals surface area contributed by atoms with Gasteiger partial charge in [0, 0.05) is 17.8 Å². The van der Waals surface area contributed by atoms with Gasteiger partial charge in [0.2, 0.25) is 14.9 Å². The summed E-state index contributed by atoms with van der Waals surface area (Å²) in [5, 5.41) is 1.23. The van der Waals surface area contributed by atoms with Crippen LogP contribution in [-0.4, -0.2) is 25.5 Å². The smallest absolute Gasteiger partial charge is 0.220 e. The zero-order valence-electron chi connectivity index (χ0n) is 10.5. The molecular weight excluding hydrogens is 300 g/mol. The summed E-state index contributed by atoms with van der Waals surface area (Å²) in [6.45, 7) is 0. The van der Waals surface area contributed by atoms with E-state index in [-0.39, 0.29) is 10.8 Å². The first-order valence-electron chi connectivity index (χ1n) is 5.57. The lowest BCUT2D eigenvalue weighted by molar-refractivity contribution is 0.398. The predicted molar refractivity (Wildman–Crippen MR) is 76.3 cm³/mol. The van der Waals surface area contributed by atoms with Crippen LogP contribution in [0, 0.1) is 0 Å². The average Bonchev–Trinajstić information content (AvgIpc) is 2.46. The minimum atomic E-state index is -3.73. The topological polar surface area (TPSA) is 69.2 Å². The first-order valence-corrected chi connectivity index (χ1v) is 7.50. The van der Waals surface area contributed by atoms with Gasteiger partial charge in [-0.05, 0) is 30.3 Å². The lowest BCUT2D eigenvalue weighted by Crippen LogP contribution is -2.02. The van der Waals surface area contributed by atoms with Crippen molar-refractivity contribution in [2.24, 2.45) is 0 Å². The molecule has 0 atom stereocenters. The molecule has 2 aromatic heterocycles. The number of ether oxygens (including phenoxy) is 1. The fraction of sp³-hybridized carbons (Fsp3) is 0.0769. The molecule has 0 aliphatic carbocycles. The Bertz CT molecular complexity index is 745. The lowest BCUT2D eigenvalue weighted by Gasteiger charge is -2.04. The quantitative estimate of drug-likeness (QED) is 0.868. The van der Waals surface area contributed by atoms with Crippen LogP contribution in [0.4, 0.5) is 0 Å². The first kappa shape index (κ1) is 14.5. The summed E-state index contributed by atoms with van der Waals surface area (Å²) < 4.78 is 29.4. The maximum Gasteiger partial charge on any atom is 0.220 e. The van der Waals surface area contributed by atoms with E-state index in [0.717, 1.165) is 5.41 Å². The molecule has 2 heterocycles. The lowest BCUT2D eigenvalue weighted by atomic mass is 10.3. The van der Waals surface area contributed by atoms with Crippen molar-refractivity contribution in [3.63, 3.8) is 0 Å². The number of nitrogens with zero attached hydrogens (tertiary/aromatic N) is 2. The van der Waals surface area contributed by atoms with Gasteiger partial charge in [0.05, 0.1) is 17.8 Å². The van der Waals surface area contributed by atoms with Crippen LogP contribution in [0.3, 0.4) is 0 Å². The van der Waals surface area contributed by atoms with Crippen molar-refractivity contribution in [1.82, 2.24) is 9.97 Å². The number of hydrogen-bond acceptors (Lipinski definition) is 5. The molecule has 20 heavy (non-hydrogen) atoms. The van der Waals surface area contributed by atoms with Gasteiger partial charge in [-0.25, -0.2) is 13.4 Å². The van der Waals surface area contributed by atoms with E-state index in [1.54, 1.807) is 18.2 Å². The Hall–Kier alpha value is -1.92. The number of sulfone groups is 1. The van der Waals surface area contributed by atoms with Crippen LogP contribution in [0.2, 0.25) is 5.02 Å². The summed E-state index contributed by atoms with van der Waals surface area (Å²) in [7, 11) is -2.35. The van der Waals surface area contributed by atoms with E-state index in [1.807, 2.05) is 0 Å². The van der Waals surface area contributed by atoms with Crippen LogP contribution in [0.5, 0.6) is 5.75 Å². The fourth-order valence-corrected chi connectivity index (χ4v) is 2.75. The maximum atomic E-state index is 12.2. The third-order valence-electron chi connectivity index (χ3n) is 2.42. The van der Waals surface area contributed by atoms with Crippen molar-refractivity contribution < 1.29 is 13.2 Å². The summed E-state index contributed by atoms with van der Waals surface area (Å²) >= 11 is 5.91. The Morgan fingerprint density at radius 1 is 1.20 bits per heavy atom. The summed E-state index contributed by atoms with van der Waals surface area (Å²) in [5.41, 5.74) is 0.368. The normalized spacial score (nSPS) is 11.7. The van der Waals surface area contributed by atoms with E-state index < -0.39 is 9.84 Å². The molecule has 0 amide bonds. The molecule has 0 unspecified atom stereocenters. The molecule has 2 aromatic rings. The van der Waals surface area contributed by atoms with E-state index in [1.165, 1.54) is 31.6 Å². The van der Waals surface area contributed by atoms with Crippen LogP contribution in [-0.2, 0) is 9.84 Å². The van der Waals surface area contributed by atoms with E-state index in [9.17, 15) is 8.42 Å². The highest BCUT2D eigenvalue weighted by molar-refractivity contribution is 7.94. The standard InChI is InChI=1S/C13H11ClN2O3S/c1-19-12-5-3-8-16-13(12)20(17,18)9-6-11-10(14)4-2-7-15-11/h2-9H,1H3/b9-6+. The molecule has 0 fully saturated rings. The molecule has 7 heteroatoms. The summed E-state index contributed by atoms with van der Waals surface area (Å²) in [4.78, 5) is 7.82. The van der Waals surface area contributed by atoms with Crippen molar-refractivity contribution in [2.45, 2.75) is 5.03 Å². The Morgan fingerprint density at radius 2 is 1.90 bits per heavy atom. The Labute approximate surface area is 121 Å². The molecular formula is C13H11ClN2O3S. The summed E-state index contributed by atoms with van der Waals surface area (Å²) in [6.07, 6.45) is 4.24. The van der Waals surface area contributed by atoms with Gasteiger partial charge in [-0.1, -0.05) is 11.6 Å². The average molecular weight is 311 g/mol. The predicted octanol–water partition coefficient (Wildman–Crippen LogP) is 2.58. The first-order chi connectivity index (χ1) is 9.54. The van der Waals surface area contributed by atoms with Crippen molar-refractivity contribution in [1.29, 1.82) is 0 Å². The van der Waals surface area contributed by atoms with Crippen LogP contribution < -0.4 is 4.74 Å². The van der Waals surface area contributed by atoms with E-state index in [2.05, 4.69) is 9.97 Å². The van der Waals surface area contributed by atoms with Crippen molar-refractivity contribution >= 4 is 27.5 Å².